The molecular weight excluding hydrogens is 276 g/mol. The minimum atomic E-state index is 0.556. The van der Waals surface area contributed by atoms with Crippen LogP contribution in [-0.2, 0) is 6.54 Å². The Morgan fingerprint density at radius 2 is 1.73 bits per heavy atom. The van der Waals surface area contributed by atoms with Gasteiger partial charge in [0.25, 0.3) is 0 Å². The molecule has 3 rings (SSSR count). The van der Waals surface area contributed by atoms with Crippen molar-refractivity contribution in [3.63, 3.8) is 0 Å². The first kappa shape index (κ1) is 14.5. The molecule has 1 saturated heterocycles. The molecule has 0 aliphatic carbocycles. The van der Waals surface area contributed by atoms with Crippen LogP contribution in [-0.4, -0.2) is 52.0 Å². The molecule has 1 aromatic carbocycles. The van der Waals surface area contributed by atoms with Crippen LogP contribution in [0.1, 0.15) is 11.3 Å². The molecule has 2 aromatic rings. The Labute approximate surface area is 130 Å². The molecule has 5 nitrogen and oxygen atoms in total. The molecule has 2 heterocycles. The number of pyridine rings is 1. The fraction of sp³-hybridized carbons (Fsp3) is 0.294. The first-order chi connectivity index (χ1) is 10.9. The summed E-state index contributed by atoms with van der Waals surface area (Å²) in [5.74, 6) is 0.556. The smallest absolute Gasteiger partial charge is 0.193 e. The lowest BCUT2D eigenvalue weighted by Crippen LogP contribution is -2.48. The summed E-state index contributed by atoms with van der Waals surface area (Å²) in [5, 5.41) is 12.8. The van der Waals surface area contributed by atoms with Gasteiger partial charge in [-0.3, -0.25) is 9.88 Å². The third kappa shape index (κ3) is 3.43. The average Bonchev–Trinajstić information content (AvgIpc) is 2.59. The van der Waals surface area contributed by atoms with Crippen LogP contribution in [0.2, 0.25) is 0 Å². The molecule has 0 bridgehead atoms. The zero-order valence-electron chi connectivity index (χ0n) is 12.5. The van der Waals surface area contributed by atoms with Crippen LogP contribution in [0, 0.1) is 0 Å². The van der Waals surface area contributed by atoms with Crippen molar-refractivity contribution in [1.82, 2.24) is 14.8 Å². The summed E-state index contributed by atoms with van der Waals surface area (Å²) < 4.78 is 0. The predicted octanol–water partition coefficient (Wildman–Crippen LogP) is 2.04. The molecule has 22 heavy (non-hydrogen) atoms. The van der Waals surface area contributed by atoms with Gasteiger partial charge in [-0.25, -0.2) is 0 Å². The second-order valence-corrected chi connectivity index (χ2v) is 5.39. The Hall–Kier alpha value is -2.40. The molecule has 1 N–H and O–H groups in total. The van der Waals surface area contributed by atoms with Gasteiger partial charge in [0, 0.05) is 38.9 Å². The van der Waals surface area contributed by atoms with E-state index < -0.39 is 0 Å². The van der Waals surface area contributed by atoms with Crippen molar-refractivity contribution in [1.29, 1.82) is 0 Å². The Morgan fingerprint density at radius 3 is 2.36 bits per heavy atom. The number of benzene rings is 1. The van der Waals surface area contributed by atoms with Gasteiger partial charge in [0.2, 0.25) is 0 Å². The van der Waals surface area contributed by atoms with E-state index in [4.69, 9.17) is 0 Å². The fourth-order valence-electron chi connectivity index (χ4n) is 2.73. The third-order valence-electron chi connectivity index (χ3n) is 3.91. The fourth-order valence-corrected chi connectivity index (χ4v) is 2.73. The maximum Gasteiger partial charge on any atom is 0.193 e. The zero-order valence-corrected chi connectivity index (χ0v) is 12.5. The standard InChI is InChI=1S/C17H20N4O/c22-19-17(16-8-4-5-9-18-16)21-12-10-20(11-13-21)14-15-6-2-1-3-7-15/h1-9,22H,10-14H2/b19-17-. The van der Waals surface area contributed by atoms with Gasteiger partial charge >= 0.3 is 0 Å². The summed E-state index contributed by atoms with van der Waals surface area (Å²) in [5.41, 5.74) is 2.04. The van der Waals surface area contributed by atoms with Gasteiger partial charge in [-0.15, -0.1) is 0 Å². The summed E-state index contributed by atoms with van der Waals surface area (Å²) in [4.78, 5) is 8.77. The van der Waals surface area contributed by atoms with Gasteiger partial charge in [-0.1, -0.05) is 41.6 Å². The molecule has 114 valence electrons. The maximum atomic E-state index is 9.33. The number of nitrogens with zero attached hydrogens (tertiary/aromatic N) is 4. The van der Waals surface area contributed by atoms with Crippen LogP contribution < -0.4 is 0 Å². The molecule has 1 aliphatic heterocycles. The molecule has 1 aliphatic rings. The number of piperazine rings is 1. The van der Waals surface area contributed by atoms with Crippen LogP contribution in [0.15, 0.2) is 59.9 Å². The van der Waals surface area contributed by atoms with Gasteiger partial charge in [0.1, 0.15) is 5.69 Å². The summed E-state index contributed by atoms with van der Waals surface area (Å²) in [7, 11) is 0. The van der Waals surface area contributed by atoms with Crippen molar-refractivity contribution >= 4 is 5.84 Å². The minimum absolute atomic E-state index is 0.556. The molecule has 5 heteroatoms. The van der Waals surface area contributed by atoms with Crippen molar-refractivity contribution in [2.24, 2.45) is 5.16 Å². The Bertz CT molecular complexity index is 607. The highest BCUT2D eigenvalue weighted by Gasteiger charge is 2.21. The number of oxime groups is 1. The molecule has 0 radical (unpaired) electrons. The quantitative estimate of drug-likeness (QED) is 0.407. The van der Waals surface area contributed by atoms with Gasteiger partial charge < -0.3 is 10.1 Å². The van der Waals surface area contributed by atoms with E-state index >= 15 is 0 Å². The summed E-state index contributed by atoms with van der Waals surface area (Å²) in [6.45, 7) is 4.52. The third-order valence-corrected chi connectivity index (χ3v) is 3.91. The minimum Gasteiger partial charge on any atom is -0.409 e. The van der Waals surface area contributed by atoms with Crippen LogP contribution >= 0.6 is 0 Å². The van der Waals surface area contributed by atoms with E-state index in [1.165, 1.54) is 5.56 Å². The van der Waals surface area contributed by atoms with E-state index in [1.54, 1.807) is 6.20 Å². The number of aromatic nitrogens is 1. The second-order valence-electron chi connectivity index (χ2n) is 5.39. The van der Waals surface area contributed by atoms with Crippen molar-refractivity contribution in [3.8, 4) is 0 Å². The summed E-state index contributed by atoms with van der Waals surface area (Å²) in [6, 6.07) is 16.1. The van der Waals surface area contributed by atoms with Crippen LogP contribution in [0.4, 0.5) is 0 Å². The van der Waals surface area contributed by atoms with Crippen molar-refractivity contribution in [2.75, 3.05) is 26.2 Å². The molecule has 0 saturated carbocycles. The summed E-state index contributed by atoms with van der Waals surface area (Å²) >= 11 is 0. The first-order valence-corrected chi connectivity index (χ1v) is 7.51. The molecule has 0 spiro atoms. The Morgan fingerprint density at radius 1 is 1.00 bits per heavy atom. The average molecular weight is 296 g/mol. The topological polar surface area (TPSA) is 52.0 Å². The largest absolute Gasteiger partial charge is 0.409 e. The normalized spacial score (nSPS) is 16.7. The lowest BCUT2D eigenvalue weighted by atomic mass is 10.2. The summed E-state index contributed by atoms with van der Waals surface area (Å²) in [6.07, 6.45) is 1.71. The molecule has 1 fully saturated rings. The molecule has 0 atom stereocenters. The van der Waals surface area contributed by atoms with Crippen molar-refractivity contribution < 1.29 is 5.21 Å². The lowest BCUT2D eigenvalue weighted by molar-refractivity contribution is 0.171. The lowest BCUT2D eigenvalue weighted by Gasteiger charge is -2.35. The first-order valence-electron chi connectivity index (χ1n) is 7.51. The number of hydrogen-bond acceptors (Lipinski definition) is 4. The van der Waals surface area contributed by atoms with Gasteiger partial charge in [0.15, 0.2) is 5.84 Å². The highest BCUT2D eigenvalue weighted by atomic mass is 16.4. The van der Waals surface area contributed by atoms with E-state index in [0.29, 0.717) is 11.5 Å². The maximum absolute atomic E-state index is 9.33. The van der Waals surface area contributed by atoms with Gasteiger partial charge in [-0.05, 0) is 17.7 Å². The number of rotatable bonds is 3. The van der Waals surface area contributed by atoms with Gasteiger partial charge in [0.05, 0.1) is 0 Å². The molecular formula is C17H20N4O. The Balaban J connectivity index is 1.59. The SMILES string of the molecule is O/N=C(/c1ccccn1)N1CCN(Cc2ccccc2)CC1. The molecule has 0 unspecified atom stereocenters. The zero-order chi connectivity index (χ0) is 15.2. The van der Waals surface area contributed by atoms with E-state index in [0.717, 1.165) is 32.7 Å². The van der Waals surface area contributed by atoms with E-state index in [2.05, 4.69) is 44.2 Å². The highest BCUT2D eigenvalue weighted by molar-refractivity contribution is 5.96. The number of amidine groups is 1. The van der Waals surface area contributed by atoms with E-state index in [1.807, 2.05) is 24.3 Å². The van der Waals surface area contributed by atoms with Crippen molar-refractivity contribution in [3.05, 3.63) is 66.0 Å². The Kier molecular flexibility index (Phi) is 4.65. The second kappa shape index (κ2) is 7.04. The van der Waals surface area contributed by atoms with Crippen LogP contribution in [0.5, 0.6) is 0 Å². The molecule has 1 aromatic heterocycles. The van der Waals surface area contributed by atoms with E-state index in [-0.39, 0.29) is 0 Å². The predicted molar refractivity (Wildman–Crippen MR) is 85.9 cm³/mol. The van der Waals surface area contributed by atoms with E-state index in [9.17, 15) is 5.21 Å². The van der Waals surface area contributed by atoms with Crippen LogP contribution in [0.25, 0.3) is 0 Å². The monoisotopic (exact) mass is 296 g/mol. The molecule has 0 amide bonds. The van der Waals surface area contributed by atoms with Crippen molar-refractivity contribution in [2.45, 2.75) is 6.54 Å². The van der Waals surface area contributed by atoms with Gasteiger partial charge in [-0.2, -0.15) is 0 Å². The highest BCUT2D eigenvalue weighted by Crippen LogP contribution is 2.11. The van der Waals surface area contributed by atoms with Crippen LogP contribution in [0.3, 0.4) is 0 Å². The number of hydrogen-bond donors (Lipinski definition) is 1.